The largest absolute Gasteiger partial charge is 0.362 e. The Morgan fingerprint density at radius 3 is 2.87 bits per heavy atom. The molecule has 2 aliphatic rings. The van der Waals surface area contributed by atoms with E-state index in [9.17, 15) is 4.79 Å². The van der Waals surface area contributed by atoms with E-state index in [-0.39, 0.29) is 0 Å². The molecule has 0 spiro atoms. The van der Waals surface area contributed by atoms with Crippen molar-refractivity contribution in [3.8, 4) is 0 Å². The maximum Gasteiger partial charge on any atom is 0.133 e. The van der Waals surface area contributed by atoms with Crippen LogP contribution in [0, 0.1) is 0 Å². The van der Waals surface area contributed by atoms with Gasteiger partial charge in [-0.3, -0.25) is 4.79 Å². The Balaban J connectivity index is 1.87. The van der Waals surface area contributed by atoms with E-state index in [2.05, 4.69) is 23.2 Å². The van der Waals surface area contributed by atoms with Gasteiger partial charge in [0.05, 0.1) is 0 Å². The van der Waals surface area contributed by atoms with Crippen LogP contribution < -0.4 is 0 Å². The SMILES string of the molecule is O=C1CCC(c2cc3c([nH]2)CC=CC3)C1. The molecule has 1 aromatic heterocycles. The van der Waals surface area contributed by atoms with Gasteiger partial charge in [0, 0.05) is 36.6 Å². The molecule has 0 saturated heterocycles. The third kappa shape index (κ3) is 1.54. The first-order valence-corrected chi connectivity index (χ1v) is 5.70. The van der Waals surface area contributed by atoms with Gasteiger partial charge in [-0.25, -0.2) is 0 Å². The number of nitrogens with one attached hydrogen (secondary N) is 1. The molecule has 1 unspecified atom stereocenters. The summed E-state index contributed by atoms with van der Waals surface area (Å²) in [5.41, 5.74) is 4.06. The molecule has 1 atom stereocenters. The second-order valence-corrected chi connectivity index (χ2v) is 4.59. The van der Waals surface area contributed by atoms with E-state index in [1.165, 1.54) is 17.0 Å². The quantitative estimate of drug-likeness (QED) is 0.696. The fourth-order valence-electron chi connectivity index (χ4n) is 2.64. The molecule has 2 heteroatoms. The molecular weight excluding hydrogens is 186 g/mol. The lowest BCUT2D eigenvalue weighted by atomic mass is 10.0. The minimum absolute atomic E-state index is 0.422. The average Bonchev–Trinajstić information content (AvgIpc) is 2.82. The summed E-state index contributed by atoms with van der Waals surface area (Å²) in [6.45, 7) is 0. The molecule has 3 rings (SSSR count). The molecule has 1 heterocycles. The highest BCUT2D eigenvalue weighted by Gasteiger charge is 2.25. The minimum Gasteiger partial charge on any atom is -0.362 e. The van der Waals surface area contributed by atoms with Crippen molar-refractivity contribution >= 4 is 5.78 Å². The number of Topliss-reactive ketones (excluding diaryl/α,β-unsaturated/α-hetero) is 1. The van der Waals surface area contributed by atoms with Gasteiger partial charge in [0.2, 0.25) is 0 Å². The number of carbonyl (C=O) groups excluding carboxylic acids is 1. The summed E-state index contributed by atoms with van der Waals surface area (Å²) in [6, 6.07) is 2.27. The van der Waals surface area contributed by atoms with Crippen molar-refractivity contribution in [1.82, 2.24) is 4.98 Å². The zero-order valence-corrected chi connectivity index (χ0v) is 8.75. The maximum atomic E-state index is 11.2. The van der Waals surface area contributed by atoms with E-state index in [4.69, 9.17) is 0 Å². The lowest BCUT2D eigenvalue weighted by Crippen LogP contribution is -1.95. The molecule has 1 N–H and O–H groups in total. The number of allylic oxidation sites excluding steroid dienone is 2. The van der Waals surface area contributed by atoms with Crippen molar-refractivity contribution in [2.75, 3.05) is 0 Å². The Kier molecular flexibility index (Phi) is 2.01. The van der Waals surface area contributed by atoms with Gasteiger partial charge in [0.25, 0.3) is 0 Å². The van der Waals surface area contributed by atoms with Crippen LogP contribution in [0.3, 0.4) is 0 Å². The summed E-state index contributed by atoms with van der Waals surface area (Å²) >= 11 is 0. The number of hydrogen-bond acceptors (Lipinski definition) is 1. The van der Waals surface area contributed by atoms with Crippen LogP contribution in [0.1, 0.15) is 42.1 Å². The van der Waals surface area contributed by atoms with Crippen molar-refractivity contribution in [2.24, 2.45) is 0 Å². The zero-order chi connectivity index (χ0) is 10.3. The first-order chi connectivity index (χ1) is 7.33. The summed E-state index contributed by atoms with van der Waals surface area (Å²) in [6.07, 6.45) is 9.05. The molecule has 0 amide bonds. The van der Waals surface area contributed by atoms with Crippen molar-refractivity contribution in [3.63, 3.8) is 0 Å². The van der Waals surface area contributed by atoms with Crippen molar-refractivity contribution in [3.05, 3.63) is 35.2 Å². The highest BCUT2D eigenvalue weighted by molar-refractivity contribution is 5.81. The van der Waals surface area contributed by atoms with Crippen molar-refractivity contribution < 1.29 is 4.79 Å². The summed E-state index contributed by atoms with van der Waals surface area (Å²) < 4.78 is 0. The number of ketones is 1. The molecule has 0 radical (unpaired) electrons. The second kappa shape index (κ2) is 3.37. The molecule has 0 aromatic carbocycles. The van der Waals surface area contributed by atoms with E-state index >= 15 is 0 Å². The molecular formula is C13H15NO. The molecule has 1 aromatic rings. The highest BCUT2D eigenvalue weighted by Crippen LogP contribution is 2.33. The smallest absolute Gasteiger partial charge is 0.133 e. The fourth-order valence-corrected chi connectivity index (χ4v) is 2.64. The molecule has 2 aliphatic carbocycles. The Hall–Kier alpha value is -1.31. The normalized spacial score (nSPS) is 24.5. The van der Waals surface area contributed by atoms with Crippen LogP contribution in [-0.2, 0) is 17.6 Å². The van der Waals surface area contributed by atoms with Crippen LogP contribution in [0.4, 0.5) is 0 Å². The standard InChI is InChI=1S/C13H15NO/c15-11-6-5-10(7-11)13-8-9-3-1-2-4-12(9)14-13/h1-2,8,10,14H,3-7H2. The third-order valence-corrected chi connectivity index (χ3v) is 3.52. The van der Waals surface area contributed by atoms with Gasteiger partial charge in [0.1, 0.15) is 5.78 Å². The topological polar surface area (TPSA) is 32.9 Å². The van der Waals surface area contributed by atoms with Gasteiger partial charge in [-0.05, 0) is 24.5 Å². The number of fused-ring (bicyclic) bond motifs is 1. The first kappa shape index (κ1) is 8.96. The Morgan fingerprint density at radius 1 is 1.27 bits per heavy atom. The molecule has 2 nitrogen and oxygen atoms in total. The number of rotatable bonds is 1. The number of carbonyl (C=O) groups is 1. The maximum absolute atomic E-state index is 11.2. The number of aromatic amines is 1. The summed E-state index contributed by atoms with van der Waals surface area (Å²) in [7, 11) is 0. The van der Waals surface area contributed by atoms with Crippen LogP contribution in [0.2, 0.25) is 0 Å². The molecule has 78 valence electrons. The zero-order valence-electron chi connectivity index (χ0n) is 8.75. The van der Waals surface area contributed by atoms with E-state index in [1.807, 2.05) is 0 Å². The molecule has 0 bridgehead atoms. The summed E-state index contributed by atoms with van der Waals surface area (Å²) in [5, 5.41) is 0. The van der Waals surface area contributed by atoms with Crippen LogP contribution in [-0.4, -0.2) is 10.8 Å². The van der Waals surface area contributed by atoms with Gasteiger partial charge in [-0.2, -0.15) is 0 Å². The fraction of sp³-hybridized carbons (Fsp3) is 0.462. The van der Waals surface area contributed by atoms with E-state index < -0.39 is 0 Å². The minimum atomic E-state index is 0.422. The van der Waals surface area contributed by atoms with Crippen LogP contribution >= 0.6 is 0 Å². The predicted molar refractivity (Wildman–Crippen MR) is 58.9 cm³/mol. The highest BCUT2D eigenvalue weighted by atomic mass is 16.1. The lowest BCUT2D eigenvalue weighted by molar-refractivity contribution is -0.117. The predicted octanol–water partition coefficient (Wildman–Crippen LogP) is 2.51. The van der Waals surface area contributed by atoms with E-state index in [0.717, 1.165) is 32.1 Å². The molecule has 0 aliphatic heterocycles. The van der Waals surface area contributed by atoms with Crippen molar-refractivity contribution in [2.45, 2.75) is 38.0 Å². The van der Waals surface area contributed by atoms with Gasteiger partial charge >= 0.3 is 0 Å². The number of hydrogen-bond donors (Lipinski definition) is 1. The van der Waals surface area contributed by atoms with E-state index in [1.54, 1.807) is 0 Å². The third-order valence-electron chi connectivity index (χ3n) is 3.52. The van der Waals surface area contributed by atoms with Crippen LogP contribution in [0.15, 0.2) is 18.2 Å². The van der Waals surface area contributed by atoms with Gasteiger partial charge < -0.3 is 4.98 Å². The number of aromatic nitrogens is 1. The van der Waals surface area contributed by atoms with Gasteiger partial charge in [-0.15, -0.1) is 0 Å². The Bertz CT molecular complexity index is 402. The Morgan fingerprint density at radius 2 is 2.13 bits per heavy atom. The summed E-state index contributed by atoms with van der Waals surface area (Å²) in [5.74, 6) is 0.883. The second-order valence-electron chi connectivity index (χ2n) is 4.59. The van der Waals surface area contributed by atoms with Crippen LogP contribution in [0.25, 0.3) is 0 Å². The lowest BCUT2D eigenvalue weighted by Gasteiger charge is -2.04. The first-order valence-electron chi connectivity index (χ1n) is 5.70. The molecule has 1 saturated carbocycles. The average molecular weight is 201 g/mol. The Labute approximate surface area is 89.4 Å². The van der Waals surface area contributed by atoms with Gasteiger partial charge in [0.15, 0.2) is 0 Å². The summed E-state index contributed by atoms with van der Waals surface area (Å²) in [4.78, 5) is 14.7. The molecule has 1 fully saturated rings. The van der Waals surface area contributed by atoms with Gasteiger partial charge in [-0.1, -0.05) is 12.2 Å². The van der Waals surface area contributed by atoms with E-state index in [0.29, 0.717) is 11.7 Å². The molecule has 15 heavy (non-hydrogen) atoms. The van der Waals surface area contributed by atoms with Crippen LogP contribution in [0.5, 0.6) is 0 Å². The van der Waals surface area contributed by atoms with Crippen molar-refractivity contribution in [1.29, 1.82) is 0 Å². The number of H-pyrrole nitrogens is 1. The monoisotopic (exact) mass is 201 g/mol.